The van der Waals surface area contributed by atoms with Crippen molar-refractivity contribution in [2.45, 2.75) is 45.1 Å². The number of hydrogen-bond donors (Lipinski definition) is 1. The van der Waals surface area contributed by atoms with Crippen LogP contribution in [0.2, 0.25) is 0 Å². The van der Waals surface area contributed by atoms with Crippen molar-refractivity contribution in [3.8, 4) is 5.75 Å². The normalized spacial score (nSPS) is 16.6. The topological polar surface area (TPSA) is 84.9 Å². The third kappa shape index (κ3) is 3.87. The molecule has 0 aromatic heterocycles. The number of benzene rings is 2. The maximum absolute atomic E-state index is 13.2. The van der Waals surface area contributed by atoms with Crippen molar-refractivity contribution in [1.82, 2.24) is 0 Å². The van der Waals surface area contributed by atoms with Crippen LogP contribution in [-0.2, 0) is 19.1 Å². The van der Waals surface area contributed by atoms with E-state index in [0.717, 1.165) is 24.0 Å². The van der Waals surface area contributed by atoms with Crippen LogP contribution in [0.5, 0.6) is 5.75 Å². The van der Waals surface area contributed by atoms with Crippen molar-refractivity contribution >= 4 is 29.2 Å². The Labute approximate surface area is 181 Å². The smallest absolute Gasteiger partial charge is 0.344 e. The lowest BCUT2D eigenvalue weighted by Crippen LogP contribution is -2.61. The first-order chi connectivity index (χ1) is 14.9. The second kappa shape index (κ2) is 8.41. The van der Waals surface area contributed by atoms with E-state index in [9.17, 15) is 14.4 Å². The standard InChI is InChI=1S/C24H26N2O5/c1-16-8-7-9-17(2)22(16)31-15-21(28)30-14-20(27)26-19-11-4-3-10-18(19)25-23(29)24(26)12-5-6-13-24/h3-4,7-11H,5-6,12-15H2,1-2H3,(H,25,29). The van der Waals surface area contributed by atoms with Crippen LogP contribution in [-0.4, -0.2) is 36.5 Å². The van der Waals surface area contributed by atoms with Gasteiger partial charge in [0.1, 0.15) is 11.3 Å². The number of carbonyl (C=O) groups is 3. The van der Waals surface area contributed by atoms with E-state index in [1.807, 2.05) is 38.1 Å². The fourth-order valence-electron chi connectivity index (χ4n) is 4.54. The lowest BCUT2D eigenvalue weighted by atomic mass is 9.90. The number of nitrogens with zero attached hydrogens (tertiary/aromatic N) is 1. The summed E-state index contributed by atoms with van der Waals surface area (Å²) in [5, 5.41) is 2.93. The number of para-hydroxylation sites is 3. The molecule has 7 nitrogen and oxygen atoms in total. The molecule has 1 fully saturated rings. The van der Waals surface area contributed by atoms with Crippen LogP contribution in [0.25, 0.3) is 0 Å². The van der Waals surface area contributed by atoms with Gasteiger partial charge in [0.05, 0.1) is 11.4 Å². The van der Waals surface area contributed by atoms with Crippen molar-refractivity contribution < 1.29 is 23.9 Å². The van der Waals surface area contributed by atoms with E-state index >= 15 is 0 Å². The Hall–Kier alpha value is -3.35. The van der Waals surface area contributed by atoms with Gasteiger partial charge >= 0.3 is 5.97 Å². The number of ether oxygens (including phenoxy) is 2. The number of aryl methyl sites for hydroxylation is 2. The zero-order valence-electron chi connectivity index (χ0n) is 17.8. The monoisotopic (exact) mass is 422 g/mol. The van der Waals surface area contributed by atoms with Gasteiger partial charge in [-0.25, -0.2) is 4.79 Å². The second-order valence-corrected chi connectivity index (χ2v) is 8.11. The van der Waals surface area contributed by atoms with E-state index in [-0.39, 0.29) is 12.5 Å². The number of anilines is 2. The van der Waals surface area contributed by atoms with Crippen molar-refractivity contribution in [2.24, 2.45) is 0 Å². The van der Waals surface area contributed by atoms with Crippen LogP contribution in [0.15, 0.2) is 42.5 Å². The lowest BCUT2D eigenvalue weighted by molar-refractivity contribution is -0.150. The molecule has 162 valence electrons. The minimum absolute atomic E-state index is 0.179. The molecule has 4 rings (SSSR count). The Morgan fingerprint density at radius 2 is 1.68 bits per heavy atom. The molecule has 0 unspecified atom stereocenters. The highest BCUT2D eigenvalue weighted by atomic mass is 16.6. The van der Waals surface area contributed by atoms with Crippen LogP contribution in [0.4, 0.5) is 11.4 Å². The van der Waals surface area contributed by atoms with Crippen molar-refractivity contribution in [1.29, 1.82) is 0 Å². The van der Waals surface area contributed by atoms with Gasteiger partial charge in [0.2, 0.25) is 0 Å². The van der Waals surface area contributed by atoms with Gasteiger partial charge in [-0.05, 0) is 49.9 Å². The number of carbonyl (C=O) groups excluding carboxylic acids is 3. The van der Waals surface area contributed by atoms with Gasteiger partial charge in [0, 0.05) is 0 Å². The lowest BCUT2D eigenvalue weighted by Gasteiger charge is -2.44. The minimum atomic E-state index is -0.924. The number of amides is 2. The van der Waals surface area contributed by atoms with Gasteiger partial charge in [-0.15, -0.1) is 0 Å². The molecule has 7 heteroatoms. The fraction of sp³-hybridized carbons (Fsp3) is 0.375. The van der Waals surface area contributed by atoms with Gasteiger partial charge in [-0.2, -0.15) is 0 Å². The predicted octanol–water partition coefficient (Wildman–Crippen LogP) is 3.52. The quantitative estimate of drug-likeness (QED) is 0.746. The number of rotatable bonds is 5. The summed E-state index contributed by atoms with van der Waals surface area (Å²) in [4.78, 5) is 39.9. The number of nitrogens with one attached hydrogen (secondary N) is 1. The minimum Gasteiger partial charge on any atom is -0.481 e. The van der Waals surface area contributed by atoms with Gasteiger partial charge in [0.25, 0.3) is 11.8 Å². The Kier molecular flexibility index (Phi) is 5.67. The van der Waals surface area contributed by atoms with E-state index in [4.69, 9.17) is 9.47 Å². The van der Waals surface area contributed by atoms with E-state index in [2.05, 4.69) is 5.32 Å². The molecule has 1 aliphatic carbocycles. The van der Waals surface area contributed by atoms with Gasteiger partial charge < -0.3 is 14.8 Å². The first-order valence-electron chi connectivity index (χ1n) is 10.5. The Bertz CT molecular complexity index is 1010. The molecule has 2 amide bonds. The molecule has 0 saturated heterocycles. The van der Waals surface area contributed by atoms with Gasteiger partial charge in [-0.1, -0.05) is 43.2 Å². The third-order valence-corrected chi connectivity index (χ3v) is 6.02. The highest BCUT2D eigenvalue weighted by Gasteiger charge is 2.52. The van der Waals surface area contributed by atoms with Gasteiger partial charge in [0.15, 0.2) is 13.2 Å². The summed E-state index contributed by atoms with van der Waals surface area (Å²) in [7, 11) is 0. The molecule has 2 aromatic rings. The molecule has 1 spiro atoms. The first kappa shape index (κ1) is 20.9. The zero-order valence-corrected chi connectivity index (χ0v) is 17.8. The van der Waals surface area contributed by atoms with Crippen LogP contribution in [0, 0.1) is 13.8 Å². The number of esters is 1. The summed E-state index contributed by atoms with van der Waals surface area (Å²) >= 11 is 0. The molecule has 2 aliphatic rings. The van der Waals surface area contributed by atoms with E-state index in [1.54, 1.807) is 18.2 Å². The SMILES string of the molecule is Cc1cccc(C)c1OCC(=O)OCC(=O)N1c2ccccc2NC(=O)C12CCCC2. The summed E-state index contributed by atoms with van der Waals surface area (Å²) in [6.45, 7) is 3.06. The summed E-state index contributed by atoms with van der Waals surface area (Å²) in [5.41, 5.74) is 2.14. The molecular formula is C24H26N2O5. The molecule has 1 heterocycles. The number of fused-ring (bicyclic) bond motifs is 1. The maximum atomic E-state index is 13.2. The summed E-state index contributed by atoms with van der Waals surface area (Å²) in [5.74, 6) is -0.588. The Morgan fingerprint density at radius 3 is 2.39 bits per heavy atom. The van der Waals surface area contributed by atoms with Gasteiger partial charge in [-0.3, -0.25) is 14.5 Å². The largest absolute Gasteiger partial charge is 0.481 e. The molecule has 1 saturated carbocycles. The average Bonchev–Trinajstić information content (AvgIpc) is 3.23. The highest BCUT2D eigenvalue weighted by Crippen LogP contribution is 2.45. The summed E-state index contributed by atoms with van der Waals surface area (Å²) < 4.78 is 10.8. The Morgan fingerprint density at radius 1 is 1.00 bits per heavy atom. The number of hydrogen-bond acceptors (Lipinski definition) is 5. The van der Waals surface area contributed by atoms with Crippen molar-refractivity contribution in [2.75, 3.05) is 23.4 Å². The van der Waals surface area contributed by atoms with Crippen molar-refractivity contribution in [3.63, 3.8) is 0 Å². The molecule has 1 aliphatic heterocycles. The molecule has 0 radical (unpaired) electrons. The molecular weight excluding hydrogens is 396 g/mol. The fourth-order valence-corrected chi connectivity index (χ4v) is 4.54. The highest BCUT2D eigenvalue weighted by molar-refractivity contribution is 6.15. The van der Waals surface area contributed by atoms with E-state index in [0.29, 0.717) is 30.0 Å². The van der Waals surface area contributed by atoms with Crippen LogP contribution >= 0.6 is 0 Å². The summed E-state index contributed by atoms with van der Waals surface area (Å²) in [6.07, 6.45) is 2.90. The molecule has 0 atom stereocenters. The average molecular weight is 422 g/mol. The van der Waals surface area contributed by atoms with E-state index in [1.165, 1.54) is 4.90 Å². The summed E-state index contributed by atoms with van der Waals surface area (Å²) in [6, 6.07) is 12.9. The van der Waals surface area contributed by atoms with Crippen LogP contribution in [0.1, 0.15) is 36.8 Å². The second-order valence-electron chi connectivity index (χ2n) is 8.11. The molecule has 1 N–H and O–H groups in total. The third-order valence-electron chi connectivity index (χ3n) is 6.02. The first-order valence-corrected chi connectivity index (χ1v) is 10.5. The van der Waals surface area contributed by atoms with Crippen LogP contribution in [0.3, 0.4) is 0 Å². The maximum Gasteiger partial charge on any atom is 0.344 e. The zero-order chi connectivity index (χ0) is 22.0. The predicted molar refractivity (Wildman–Crippen MR) is 116 cm³/mol. The molecule has 0 bridgehead atoms. The molecule has 2 aromatic carbocycles. The van der Waals surface area contributed by atoms with Crippen LogP contribution < -0.4 is 15.0 Å². The van der Waals surface area contributed by atoms with E-state index < -0.39 is 24.0 Å². The Balaban J connectivity index is 1.46. The van der Waals surface area contributed by atoms with Crippen molar-refractivity contribution in [3.05, 3.63) is 53.6 Å². The molecule has 31 heavy (non-hydrogen) atoms.